The van der Waals surface area contributed by atoms with Crippen LogP contribution in [0.5, 0.6) is 0 Å². The maximum Gasteiger partial charge on any atom is 0.242 e. The molecule has 0 spiro atoms. The molecule has 1 aromatic carbocycles. The van der Waals surface area contributed by atoms with Crippen molar-refractivity contribution in [3.8, 4) is 0 Å². The molecule has 7 nitrogen and oxygen atoms in total. The molecule has 1 saturated heterocycles. The Kier molecular flexibility index (Phi) is 7.90. The number of nitrogens with one attached hydrogen (secondary N) is 2. The van der Waals surface area contributed by atoms with Crippen LogP contribution in [0.2, 0.25) is 0 Å². The molecule has 32 heavy (non-hydrogen) atoms. The number of anilines is 2. The average Bonchev–Trinajstić information content (AvgIpc) is 2.74. The van der Waals surface area contributed by atoms with Gasteiger partial charge in [0.25, 0.3) is 0 Å². The number of carbonyl (C=O) groups is 1. The van der Waals surface area contributed by atoms with Crippen molar-refractivity contribution in [1.82, 2.24) is 9.71 Å². The Labute approximate surface area is 191 Å². The second-order valence-electron chi connectivity index (χ2n) is 9.18. The molecule has 1 aromatic heterocycles. The smallest absolute Gasteiger partial charge is 0.242 e. The van der Waals surface area contributed by atoms with Gasteiger partial charge in [0.15, 0.2) is 0 Å². The van der Waals surface area contributed by atoms with Crippen LogP contribution >= 0.6 is 0 Å². The summed E-state index contributed by atoms with van der Waals surface area (Å²) < 4.78 is 28.2. The summed E-state index contributed by atoms with van der Waals surface area (Å²) in [5, 5.41) is 2.82. The molecule has 174 valence electrons. The molecule has 0 radical (unpaired) electrons. The van der Waals surface area contributed by atoms with Crippen molar-refractivity contribution in [2.75, 3.05) is 23.3 Å². The number of amides is 1. The van der Waals surface area contributed by atoms with Crippen LogP contribution in [0, 0.1) is 18.8 Å². The first-order valence-electron chi connectivity index (χ1n) is 11.2. The van der Waals surface area contributed by atoms with Crippen molar-refractivity contribution >= 4 is 27.4 Å². The van der Waals surface area contributed by atoms with Crippen molar-refractivity contribution in [3.63, 3.8) is 0 Å². The molecule has 0 saturated carbocycles. The van der Waals surface area contributed by atoms with Crippen LogP contribution in [0.1, 0.15) is 45.6 Å². The van der Waals surface area contributed by atoms with Crippen LogP contribution in [-0.4, -0.2) is 38.4 Å². The third kappa shape index (κ3) is 6.53. The number of benzene rings is 1. The van der Waals surface area contributed by atoms with Crippen molar-refractivity contribution < 1.29 is 13.2 Å². The molecule has 1 amide bonds. The molecule has 1 atom stereocenters. The first-order valence-corrected chi connectivity index (χ1v) is 12.7. The number of piperidine rings is 1. The van der Waals surface area contributed by atoms with E-state index in [-0.39, 0.29) is 10.8 Å². The lowest BCUT2D eigenvalue weighted by Gasteiger charge is -2.31. The second kappa shape index (κ2) is 10.4. The summed E-state index contributed by atoms with van der Waals surface area (Å²) in [6.07, 6.45) is 4.32. The van der Waals surface area contributed by atoms with Gasteiger partial charge in [0.2, 0.25) is 15.9 Å². The molecule has 1 fully saturated rings. The van der Waals surface area contributed by atoms with E-state index in [9.17, 15) is 13.2 Å². The van der Waals surface area contributed by atoms with Crippen LogP contribution in [0.3, 0.4) is 0 Å². The van der Waals surface area contributed by atoms with Gasteiger partial charge in [-0.1, -0.05) is 38.5 Å². The highest BCUT2D eigenvalue weighted by Crippen LogP contribution is 2.22. The van der Waals surface area contributed by atoms with Crippen LogP contribution in [0.4, 0.5) is 11.5 Å². The number of aryl methyl sites for hydroxylation is 1. The van der Waals surface area contributed by atoms with Gasteiger partial charge in [-0.2, -0.15) is 4.72 Å². The molecule has 0 bridgehead atoms. The molecule has 3 rings (SSSR count). The van der Waals surface area contributed by atoms with Gasteiger partial charge in [-0.25, -0.2) is 13.4 Å². The van der Waals surface area contributed by atoms with Gasteiger partial charge in [0, 0.05) is 13.1 Å². The second-order valence-corrected chi connectivity index (χ2v) is 10.9. The normalized spacial score (nSPS) is 16.2. The maximum atomic E-state index is 13.0. The molecular weight excluding hydrogens is 424 g/mol. The fourth-order valence-electron chi connectivity index (χ4n) is 3.77. The number of hydrogen-bond donors (Lipinski definition) is 2. The average molecular weight is 459 g/mol. The van der Waals surface area contributed by atoms with Gasteiger partial charge < -0.3 is 10.2 Å². The monoisotopic (exact) mass is 458 g/mol. The van der Waals surface area contributed by atoms with E-state index in [1.165, 1.54) is 0 Å². The van der Waals surface area contributed by atoms with Crippen molar-refractivity contribution in [2.45, 2.75) is 57.9 Å². The quantitative estimate of drug-likeness (QED) is 0.625. The number of nitrogens with zero attached hydrogens (tertiary/aromatic N) is 2. The Morgan fingerprint density at radius 3 is 2.34 bits per heavy atom. The number of hydrogen-bond acceptors (Lipinski definition) is 5. The highest BCUT2D eigenvalue weighted by atomic mass is 32.2. The van der Waals surface area contributed by atoms with Crippen molar-refractivity contribution in [2.24, 2.45) is 11.8 Å². The number of carbonyl (C=O) groups excluding carboxylic acids is 1. The number of aromatic nitrogens is 1. The van der Waals surface area contributed by atoms with Crippen LogP contribution in [0.25, 0.3) is 0 Å². The number of rotatable bonds is 8. The summed E-state index contributed by atoms with van der Waals surface area (Å²) in [4.78, 5) is 19.9. The summed E-state index contributed by atoms with van der Waals surface area (Å²) in [7, 11) is -3.82. The molecule has 1 aliphatic heterocycles. The lowest BCUT2D eigenvalue weighted by molar-refractivity contribution is -0.118. The third-order valence-corrected chi connectivity index (χ3v) is 7.26. The lowest BCUT2D eigenvalue weighted by Crippen LogP contribution is -2.44. The fourth-order valence-corrected chi connectivity index (χ4v) is 4.98. The van der Waals surface area contributed by atoms with Gasteiger partial charge in [-0.15, -0.1) is 0 Å². The topological polar surface area (TPSA) is 91.4 Å². The summed E-state index contributed by atoms with van der Waals surface area (Å²) in [6, 6.07) is 9.41. The van der Waals surface area contributed by atoms with Crippen LogP contribution in [0.15, 0.2) is 47.5 Å². The minimum Gasteiger partial charge on any atom is -0.357 e. The first-order chi connectivity index (χ1) is 15.1. The predicted octanol–water partition coefficient (Wildman–Crippen LogP) is 3.96. The van der Waals surface area contributed by atoms with Crippen LogP contribution in [-0.2, 0) is 14.8 Å². The van der Waals surface area contributed by atoms with Crippen molar-refractivity contribution in [3.05, 3.63) is 48.2 Å². The first kappa shape index (κ1) is 24.2. The largest absolute Gasteiger partial charge is 0.357 e. The summed E-state index contributed by atoms with van der Waals surface area (Å²) in [5.74, 6) is 1.38. The Morgan fingerprint density at radius 1 is 1.12 bits per heavy atom. The Bertz CT molecular complexity index is 997. The third-order valence-electron chi connectivity index (χ3n) is 5.78. The SMILES string of the molecule is Cc1ccc(S(=O)(=O)NC(CC(C)C)C(=O)Nc2ccc(N3CCC(C)CC3)nc2)cc1. The van der Waals surface area contributed by atoms with E-state index in [1.54, 1.807) is 30.5 Å². The minimum atomic E-state index is -3.82. The van der Waals surface area contributed by atoms with Gasteiger partial charge >= 0.3 is 0 Å². The molecule has 1 unspecified atom stereocenters. The van der Waals surface area contributed by atoms with E-state index in [2.05, 4.69) is 26.8 Å². The van der Waals surface area contributed by atoms with E-state index in [1.807, 2.05) is 32.9 Å². The zero-order valence-electron chi connectivity index (χ0n) is 19.3. The summed E-state index contributed by atoms with van der Waals surface area (Å²) >= 11 is 0. The lowest BCUT2D eigenvalue weighted by atomic mass is 9.99. The molecule has 2 heterocycles. The van der Waals surface area contributed by atoms with E-state index < -0.39 is 22.0 Å². The molecule has 2 aromatic rings. The van der Waals surface area contributed by atoms with Gasteiger partial charge in [0.1, 0.15) is 11.9 Å². The van der Waals surface area contributed by atoms with Gasteiger partial charge in [0.05, 0.1) is 16.8 Å². The summed E-state index contributed by atoms with van der Waals surface area (Å²) in [5.41, 5.74) is 1.52. The van der Waals surface area contributed by atoms with E-state index in [0.717, 1.165) is 43.2 Å². The van der Waals surface area contributed by atoms with E-state index in [0.29, 0.717) is 12.1 Å². The Hall–Kier alpha value is -2.45. The van der Waals surface area contributed by atoms with Crippen molar-refractivity contribution in [1.29, 1.82) is 0 Å². The molecule has 8 heteroatoms. The predicted molar refractivity (Wildman–Crippen MR) is 128 cm³/mol. The molecular formula is C24H34N4O3S. The highest BCUT2D eigenvalue weighted by molar-refractivity contribution is 7.89. The molecule has 0 aliphatic carbocycles. The van der Waals surface area contributed by atoms with Crippen LogP contribution < -0.4 is 14.9 Å². The highest BCUT2D eigenvalue weighted by Gasteiger charge is 2.27. The zero-order valence-corrected chi connectivity index (χ0v) is 20.2. The Balaban J connectivity index is 1.68. The number of pyridine rings is 1. The minimum absolute atomic E-state index is 0.133. The standard InChI is InChI=1S/C24H34N4O3S/c1-17(2)15-22(27-32(30,31)21-8-5-18(3)6-9-21)24(29)26-20-7-10-23(25-16-20)28-13-11-19(4)12-14-28/h5-10,16-17,19,22,27H,11-15H2,1-4H3,(H,26,29). The van der Waals surface area contributed by atoms with E-state index >= 15 is 0 Å². The Morgan fingerprint density at radius 2 is 1.78 bits per heavy atom. The van der Waals surface area contributed by atoms with Gasteiger partial charge in [-0.3, -0.25) is 4.79 Å². The molecule has 2 N–H and O–H groups in total. The number of sulfonamides is 1. The zero-order chi connectivity index (χ0) is 23.3. The van der Waals surface area contributed by atoms with E-state index in [4.69, 9.17) is 0 Å². The van der Waals surface area contributed by atoms with Gasteiger partial charge in [-0.05, 0) is 62.3 Å². The fraction of sp³-hybridized carbons (Fsp3) is 0.500. The summed E-state index contributed by atoms with van der Waals surface area (Å²) in [6.45, 7) is 10.0. The molecule has 1 aliphatic rings. The maximum absolute atomic E-state index is 13.0.